The van der Waals surface area contributed by atoms with Crippen molar-refractivity contribution in [3.8, 4) is 0 Å². The zero-order chi connectivity index (χ0) is 14.1. The molecule has 3 rings (SSSR count). The number of rotatable bonds is 3. The lowest BCUT2D eigenvalue weighted by atomic mass is 10.0. The van der Waals surface area contributed by atoms with Crippen LogP contribution in [0.3, 0.4) is 0 Å². The van der Waals surface area contributed by atoms with E-state index >= 15 is 0 Å². The minimum absolute atomic E-state index is 0.101. The summed E-state index contributed by atoms with van der Waals surface area (Å²) >= 11 is 12.3. The van der Waals surface area contributed by atoms with Gasteiger partial charge in [-0.15, -0.1) is 0 Å². The quantitative estimate of drug-likeness (QED) is 0.830. The van der Waals surface area contributed by atoms with E-state index in [-0.39, 0.29) is 5.25 Å². The molecule has 1 aliphatic carbocycles. The van der Waals surface area contributed by atoms with Crippen LogP contribution in [0.5, 0.6) is 0 Å². The van der Waals surface area contributed by atoms with Crippen molar-refractivity contribution >= 4 is 34.0 Å². The third-order valence-corrected chi connectivity index (χ3v) is 6.74. The highest BCUT2D eigenvalue weighted by molar-refractivity contribution is 7.85. The highest BCUT2D eigenvalue weighted by atomic mass is 35.5. The van der Waals surface area contributed by atoms with Gasteiger partial charge in [-0.2, -0.15) is 0 Å². The third-order valence-electron chi connectivity index (χ3n) is 4.26. The standard InChI is InChI=1S/C15H18Cl2O2S/c16-11-7-13-12(14(17)8-11)1-2-15(13)20(18)9-10-3-5-19-6-4-10/h7-8,10,15H,1-6,9H2. The fraction of sp³-hybridized carbons (Fsp3) is 0.600. The van der Waals surface area contributed by atoms with Gasteiger partial charge >= 0.3 is 0 Å². The van der Waals surface area contributed by atoms with E-state index in [1.165, 1.54) is 0 Å². The maximum Gasteiger partial charge on any atom is 0.0604 e. The van der Waals surface area contributed by atoms with Gasteiger partial charge in [-0.1, -0.05) is 23.2 Å². The zero-order valence-corrected chi connectivity index (χ0v) is 13.6. The number of benzene rings is 1. The second-order valence-electron chi connectivity index (χ2n) is 5.59. The van der Waals surface area contributed by atoms with Gasteiger partial charge in [0.2, 0.25) is 0 Å². The molecular formula is C15H18Cl2O2S. The minimum atomic E-state index is -0.844. The van der Waals surface area contributed by atoms with Gasteiger partial charge < -0.3 is 4.74 Å². The molecule has 0 N–H and O–H groups in total. The Kier molecular flexibility index (Phi) is 4.71. The second-order valence-corrected chi connectivity index (χ2v) is 8.09. The first-order valence-corrected chi connectivity index (χ1v) is 9.21. The van der Waals surface area contributed by atoms with E-state index in [4.69, 9.17) is 27.9 Å². The molecule has 0 aromatic heterocycles. The van der Waals surface area contributed by atoms with E-state index in [0.29, 0.717) is 10.9 Å². The summed E-state index contributed by atoms with van der Waals surface area (Å²) in [5.41, 5.74) is 2.24. The van der Waals surface area contributed by atoms with Gasteiger partial charge in [0.15, 0.2) is 0 Å². The molecule has 2 atom stereocenters. The Balaban J connectivity index is 1.75. The van der Waals surface area contributed by atoms with Crippen LogP contribution in [-0.4, -0.2) is 23.2 Å². The van der Waals surface area contributed by atoms with Crippen LogP contribution in [0.15, 0.2) is 12.1 Å². The fourth-order valence-corrected chi connectivity index (χ4v) is 5.65. The lowest BCUT2D eigenvalue weighted by Crippen LogP contribution is -2.22. The van der Waals surface area contributed by atoms with Crippen LogP contribution in [0.4, 0.5) is 0 Å². The number of fused-ring (bicyclic) bond motifs is 1. The van der Waals surface area contributed by atoms with Crippen molar-refractivity contribution < 1.29 is 8.95 Å². The van der Waals surface area contributed by atoms with E-state index in [2.05, 4.69) is 0 Å². The first-order valence-electron chi connectivity index (χ1n) is 7.08. The van der Waals surface area contributed by atoms with Crippen molar-refractivity contribution in [1.82, 2.24) is 0 Å². The number of halogens is 2. The first kappa shape index (κ1) is 14.8. The van der Waals surface area contributed by atoms with Crippen LogP contribution >= 0.6 is 23.2 Å². The van der Waals surface area contributed by atoms with Crippen LogP contribution in [0.2, 0.25) is 10.0 Å². The van der Waals surface area contributed by atoms with Crippen molar-refractivity contribution in [3.63, 3.8) is 0 Å². The SMILES string of the molecule is O=S(CC1CCOCC1)C1CCc2c(Cl)cc(Cl)cc21. The summed E-state index contributed by atoms with van der Waals surface area (Å²) in [5.74, 6) is 1.31. The Labute approximate surface area is 132 Å². The molecule has 1 aliphatic heterocycles. The summed E-state index contributed by atoms with van der Waals surface area (Å²) in [5, 5.41) is 1.46. The Morgan fingerprint density at radius 2 is 1.95 bits per heavy atom. The van der Waals surface area contributed by atoms with Crippen LogP contribution in [-0.2, 0) is 22.0 Å². The average molecular weight is 333 g/mol. The summed E-state index contributed by atoms with van der Waals surface area (Å²) in [7, 11) is -0.844. The molecule has 0 amide bonds. The highest BCUT2D eigenvalue weighted by Crippen LogP contribution is 2.41. The Morgan fingerprint density at radius 3 is 2.70 bits per heavy atom. The van der Waals surface area contributed by atoms with Crippen molar-refractivity contribution in [3.05, 3.63) is 33.3 Å². The van der Waals surface area contributed by atoms with Gasteiger partial charge in [-0.3, -0.25) is 4.21 Å². The van der Waals surface area contributed by atoms with Gasteiger partial charge in [-0.25, -0.2) is 0 Å². The molecule has 1 aromatic rings. The summed E-state index contributed by atoms with van der Waals surface area (Å²) in [6.45, 7) is 1.61. The highest BCUT2D eigenvalue weighted by Gasteiger charge is 2.31. The summed E-state index contributed by atoms with van der Waals surface area (Å²) < 4.78 is 18.0. The molecule has 0 radical (unpaired) electrons. The number of ether oxygens (including phenoxy) is 1. The van der Waals surface area contributed by atoms with Crippen LogP contribution in [0.25, 0.3) is 0 Å². The van der Waals surface area contributed by atoms with Crippen molar-refractivity contribution in [2.75, 3.05) is 19.0 Å². The predicted molar refractivity (Wildman–Crippen MR) is 84.1 cm³/mol. The molecule has 0 spiro atoms. The van der Waals surface area contributed by atoms with Crippen LogP contribution in [0, 0.1) is 5.92 Å². The van der Waals surface area contributed by atoms with Gasteiger partial charge in [0.25, 0.3) is 0 Å². The predicted octanol–water partition coefficient (Wildman–Crippen LogP) is 4.16. The largest absolute Gasteiger partial charge is 0.381 e. The second kappa shape index (κ2) is 6.35. The molecular weight excluding hydrogens is 315 g/mol. The Bertz CT molecular complexity index is 527. The van der Waals surface area contributed by atoms with Crippen molar-refractivity contribution in [2.24, 2.45) is 5.92 Å². The number of hydrogen-bond donors (Lipinski definition) is 0. The van der Waals surface area contributed by atoms with Gasteiger partial charge in [0.05, 0.1) is 5.25 Å². The number of hydrogen-bond acceptors (Lipinski definition) is 2. The van der Waals surface area contributed by atoms with E-state index in [1.54, 1.807) is 6.07 Å². The molecule has 1 heterocycles. The smallest absolute Gasteiger partial charge is 0.0604 e. The maximum atomic E-state index is 12.7. The van der Waals surface area contributed by atoms with E-state index < -0.39 is 10.8 Å². The molecule has 2 nitrogen and oxygen atoms in total. The lowest BCUT2D eigenvalue weighted by molar-refractivity contribution is 0.0725. The molecule has 5 heteroatoms. The van der Waals surface area contributed by atoms with Crippen molar-refractivity contribution in [2.45, 2.75) is 30.9 Å². The monoisotopic (exact) mass is 332 g/mol. The summed E-state index contributed by atoms with van der Waals surface area (Å²) in [6.07, 6.45) is 3.89. The molecule has 1 saturated heterocycles. The normalized spacial score (nSPS) is 24.6. The zero-order valence-electron chi connectivity index (χ0n) is 11.2. The fourth-order valence-electron chi connectivity index (χ4n) is 3.14. The van der Waals surface area contributed by atoms with Gasteiger partial charge in [-0.05, 0) is 54.9 Å². The van der Waals surface area contributed by atoms with E-state index in [0.717, 1.165) is 60.8 Å². The Morgan fingerprint density at radius 1 is 1.20 bits per heavy atom. The molecule has 2 unspecified atom stereocenters. The first-order chi connectivity index (χ1) is 9.65. The van der Waals surface area contributed by atoms with E-state index in [9.17, 15) is 4.21 Å². The molecule has 0 saturated carbocycles. The molecule has 1 aromatic carbocycles. The molecule has 1 fully saturated rings. The van der Waals surface area contributed by atoms with Gasteiger partial charge in [0.1, 0.15) is 0 Å². The third kappa shape index (κ3) is 3.06. The van der Waals surface area contributed by atoms with Crippen molar-refractivity contribution in [1.29, 1.82) is 0 Å². The Hall–Kier alpha value is -0.0900. The van der Waals surface area contributed by atoms with Gasteiger partial charge in [0, 0.05) is 39.8 Å². The molecule has 20 heavy (non-hydrogen) atoms. The molecule has 2 aliphatic rings. The van der Waals surface area contributed by atoms with Crippen LogP contribution in [0.1, 0.15) is 35.6 Å². The maximum absolute atomic E-state index is 12.7. The molecule has 110 valence electrons. The van der Waals surface area contributed by atoms with Crippen LogP contribution < -0.4 is 0 Å². The average Bonchev–Trinajstić information content (AvgIpc) is 2.84. The molecule has 0 bridgehead atoms. The minimum Gasteiger partial charge on any atom is -0.381 e. The topological polar surface area (TPSA) is 26.3 Å². The lowest BCUT2D eigenvalue weighted by Gasteiger charge is -2.23. The van der Waals surface area contributed by atoms with E-state index in [1.807, 2.05) is 6.07 Å². The summed E-state index contributed by atoms with van der Waals surface area (Å²) in [4.78, 5) is 0. The summed E-state index contributed by atoms with van der Waals surface area (Å²) in [6, 6.07) is 3.73.